The number of pyridine rings is 2. The van der Waals surface area contributed by atoms with E-state index >= 15 is 0 Å². The second kappa shape index (κ2) is 4.62. The Balaban J connectivity index is 2.04. The number of carbonyl (C=O) groups excluding carboxylic acids is 2. The Bertz CT molecular complexity index is 785. The molecule has 0 aromatic carbocycles. The average Bonchev–Trinajstić information content (AvgIpc) is 3.34. The van der Waals surface area contributed by atoms with Gasteiger partial charge in [-0.3, -0.25) is 9.59 Å². The van der Waals surface area contributed by atoms with E-state index in [4.69, 9.17) is 0 Å². The minimum atomic E-state index is -0.354. The summed E-state index contributed by atoms with van der Waals surface area (Å²) in [5.74, 6) is 0.518. The Morgan fingerprint density at radius 1 is 1.14 bits per heavy atom. The molecule has 3 heterocycles. The number of aromatic nitrogens is 2. The Hall–Kier alpha value is -2.76. The van der Waals surface area contributed by atoms with Gasteiger partial charge < -0.3 is 4.90 Å². The lowest BCUT2D eigenvalue weighted by Crippen LogP contribution is -2.34. The van der Waals surface area contributed by atoms with Crippen molar-refractivity contribution in [1.82, 2.24) is 9.97 Å². The molecule has 6 nitrogen and oxygen atoms in total. The number of anilines is 3. The molecule has 2 aromatic heterocycles. The molecule has 2 amide bonds. The molecule has 0 atom stereocenters. The summed E-state index contributed by atoms with van der Waals surface area (Å²) in [7, 11) is 0. The van der Waals surface area contributed by atoms with Gasteiger partial charge in [-0.15, -0.1) is 0 Å². The fourth-order valence-corrected chi connectivity index (χ4v) is 2.83. The van der Waals surface area contributed by atoms with Gasteiger partial charge in [0, 0.05) is 25.4 Å². The summed E-state index contributed by atoms with van der Waals surface area (Å²) in [4.78, 5) is 36.9. The van der Waals surface area contributed by atoms with Crippen LogP contribution < -0.4 is 9.80 Å². The number of imide groups is 1. The molecule has 1 aliphatic heterocycles. The number of fused-ring (bicyclic) bond motifs is 2. The quantitative estimate of drug-likeness (QED) is 0.807. The van der Waals surface area contributed by atoms with Gasteiger partial charge in [-0.2, -0.15) is 0 Å². The van der Waals surface area contributed by atoms with Crippen LogP contribution in [-0.2, 0) is 4.79 Å². The lowest BCUT2D eigenvalue weighted by molar-refractivity contribution is -0.115. The topological polar surface area (TPSA) is 66.4 Å². The van der Waals surface area contributed by atoms with Crippen LogP contribution in [0.1, 0.15) is 30.1 Å². The lowest BCUT2D eigenvalue weighted by Gasteiger charge is -2.24. The number of nitrogens with zero attached hydrogens (tertiary/aromatic N) is 4. The second-order valence-corrected chi connectivity index (χ2v) is 5.48. The number of amides is 2. The third-order valence-electron chi connectivity index (χ3n) is 3.91. The average molecular weight is 294 g/mol. The Morgan fingerprint density at radius 2 is 1.82 bits per heavy atom. The highest BCUT2D eigenvalue weighted by Crippen LogP contribution is 2.44. The summed E-state index contributed by atoms with van der Waals surface area (Å²) in [5.41, 5.74) is 0.951. The first-order valence-electron chi connectivity index (χ1n) is 7.23. The number of hydrogen-bond donors (Lipinski definition) is 0. The molecule has 0 bridgehead atoms. The molecule has 1 fully saturated rings. The maximum atomic E-state index is 12.8. The minimum absolute atomic E-state index is 0.280. The van der Waals surface area contributed by atoms with Gasteiger partial charge in [-0.1, -0.05) is 0 Å². The molecule has 4 rings (SSSR count). The van der Waals surface area contributed by atoms with E-state index < -0.39 is 0 Å². The van der Waals surface area contributed by atoms with Crippen LogP contribution in [0.2, 0.25) is 0 Å². The van der Waals surface area contributed by atoms with Gasteiger partial charge in [-0.25, -0.2) is 14.9 Å². The predicted molar refractivity (Wildman–Crippen MR) is 81.1 cm³/mol. The van der Waals surface area contributed by atoms with Gasteiger partial charge in [0.15, 0.2) is 5.82 Å². The molecule has 0 unspecified atom stereocenters. The first-order valence-corrected chi connectivity index (χ1v) is 7.23. The van der Waals surface area contributed by atoms with Gasteiger partial charge in [0.2, 0.25) is 5.91 Å². The van der Waals surface area contributed by atoms with Crippen LogP contribution in [0.5, 0.6) is 0 Å². The fourth-order valence-electron chi connectivity index (χ4n) is 2.83. The van der Waals surface area contributed by atoms with E-state index in [0.717, 1.165) is 12.8 Å². The van der Waals surface area contributed by atoms with Crippen molar-refractivity contribution in [1.29, 1.82) is 0 Å². The summed E-state index contributed by atoms with van der Waals surface area (Å²) in [5, 5.41) is 0. The molecule has 2 aliphatic rings. The van der Waals surface area contributed by atoms with E-state index in [1.807, 2.05) is 4.90 Å². The Labute approximate surface area is 127 Å². The summed E-state index contributed by atoms with van der Waals surface area (Å²) in [6, 6.07) is 7.19. The molecule has 2 aromatic rings. The van der Waals surface area contributed by atoms with Crippen molar-refractivity contribution < 1.29 is 9.59 Å². The lowest BCUT2D eigenvalue weighted by atomic mass is 10.2. The van der Waals surface area contributed by atoms with Crippen molar-refractivity contribution >= 4 is 29.1 Å². The second-order valence-electron chi connectivity index (χ2n) is 5.48. The van der Waals surface area contributed by atoms with E-state index in [1.54, 1.807) is 36.7 Å². The Morgan fingerprint density at radius 3 is 2.50 bits per heavy atom. The third kappa shape index (κ3) is 1.80. The zero-order valence-corrected chi connectivity index (χ0v) is 12.1. The molecule has 0 radical (unpaired) electrons. The van der Waals surface area contributed by atoms with Crippen LogP contribution in [0.3, 0.4) is 0 Å². The zero-order valence-electron chi connectivity index (χ0n) is 12.1. The van der Waals surface area contributed by atoms with Crippen molar-refractivity contribution in [2.45, 2.75) is 25.8 Å². The fraction of sp³-hybridized carbons (Fsp3) is 0.250. The SMILES string of the molecule is CC(=O)N1C(=O)c2cccnc2N(C2CC2)c2ncccc21. The van der Waals surface area contributed by atoms with Crippen molar-refractivity contribution in [3.05, 3.63) is 42.2 Å². The van der Waals surface area contributed by atoms with Crippen molar-refractivity contribution in [3.8, 4) is 0 Å². The highest BCUT2D eigenvalue weighted by molar-refractivity contribution is 6.24. The summed E-state index contributed by atoms with van der Waals surface area (Å²) in [6.45, 7) is 1.39. The van der Waals surface area contributed by atoms with Crippen LogP contribution in [0.15, 0.2) is 36.7 Å². The summed E-state index contributed by atoms with van der Waals surface area (Å²) >= 11 is 0. The number of rotatable bonds is 1. The van der Waals surface area contributed by atoms with Gasteiger partial charge in [0.05, 0.1) is 11.3 Å². The Kier molecular flexibility index (Phi) is 2.72. The van der Waals surface area contributed by atoms with Gasteiger partial charge >= 0.3 is 0 Å². The van der Waals surface area contributed by atoms with Crippen LogP contribution in [0, 0.1) is 0 Å². The summed E-state index contributed by atoms with van der Waals surface area (Å²) in [6.07, 6.45) is 5.39. The largest absolute Gasteiger partial charge is 0.305 e. The molecule has 1 saturated carbocycles. The molecule has 1 aliphatic carbocycles. The van der Waals surface area contributed by atoms with Gasteiger partial charge in [0.1, 0.15) is 5.82 Å². The molecule has 22 heavy (non-hydrogen) atoms. The summed E-state index contributed by atoms with van der Waals surface area (Å²) < 4.78 is 0. The van der Waals surface area contributed by atoms with Crippen molar-refractivity contribution in [3.63, 3.8) is 0 Å². The van der Waals surface area contributed by atoms with Gasteiger partial charge in [-0.05, 0) is 37.1 Å². The van der Waals surface area contributed by atoms with E-state index in [2.05, 4.69) is 9.97 Å². The molecule has 110 valence electrons. The number of hydrogen-bond acceptors (Lipinski definition) is 5. The highest BCUT2D eigenvalue weighted by atomic mass is 16.2. The van der Waals surface area contributed by atoms with Gasteiger partial charge in [0.25, 0.3) is 5.91 Å². The predicted octanol–water partition coefficient (Wildman–Crippen LogP) is 2.28. The molecular formula is C16H14N4O2. The van der Waals surface area contributed by atoms with E-state index in [1.165, 1.54) is 11.8 Å². The molecule has 0 spiro atoms. The first-order chi connectivity index (χ1) is 10.7. The zero-order chi connectivity index (χ0) is 15.3. The van der Waals surface area contributed by atoms with E-state index in [-0.39, 0.29) is 17.9 Å². The maximum Gasteiger partial charge on any atom is 0.268 e. The normalized spacial score (nSPS) is 16.9. The monoisotopic (exact) mass is 294 g/mol. The van der Waals surface area contributed by atoms with E-state index in [0.29, 0.717) is 22.9 Å². The molecule has 0 saturated heterocycles. The van der Waals surface area contributed by atoms with Crippen LogP contribution in [-0.4, -0.2) is 27.8 Å². The number of carbonyl (C=O) groups is 2. The van der Waals surface area contributed by atoms with Crippen LogP contribution in [0.4, 0.5) is 17.3 Å². The highest BCUT2D eigenvalue weighted by Gasteiger charge is 2.40. The molecular weight excluding hydrogens is 280 g/mol. The molecule has 6 heteroatoms. The van der Waals surface area contributed by atoms with Crippen LogP contribution in [0.25, 0.3) is 0 Å². The standard InChI is InChI=1S/C16H14N4O2/c1-10(21)19-13-5-3-9-18-15(13)20(11-6-7-11)14-12(16(19)22)4-2-8-17-14/h2-5,8-9,11H,6-7H2,1H3. The minimum Gasteiger partial charge on any atom is -0.305 e. The smallest absolute Gasteiger partial charge is 0.268 e. The third-order valence-corrected chi connectivity index (χ3v) is 3.91. The van der Waals surface area contributed by atoms with Crippen LogP contribution >= 0.6 is 0 Å². The van der Waals surface area contributed by atoms with Crippen molar-refractivity contribution in [2.24, 2.45) is 0 Å². The maximum absolute atomic E-state index is 12.8. The van der Waals surface area contributed by atoms with Crippen molar-refractivity contribution in [2.75, 3.05) is 9.80 Å². The first kappa shape index (κ1) is 12.9. The molecule has 0 N–H and O–H groups in total. The van der Waals surface area contributed by atoms with E-state index in [9.17, 15) is 9.59 Å².